The fourth-order valence-electron chi connectivity index (χ4n) is 3.01. The molecule has 1 unspecified atom stereocenters. The van der Waals surface area contributed by atoms with Gasteiger partial charge in [-0.15, -0.1) is 0 Å². The number of ether oxygens (including phenoxy) is 3. The fourth-order valence-corrected chi connectivity index (χ4v) is 3.01. The van der Waals surface area contributed by atoms with E-state index in [0.29, 0.717) is 29.7 Å². The summed E-state index contributed by atoms with van der Waals surface area (Å²) in [4.78, 5) is 22.8. The summed E-state index contributed by atoms with van der Waals surface area (Å²) < 4.78 is 78.5. The summed E-state index contributed by atoms with van der Waals surface area (Å²) in [5.41, 5.74) is 0.224. The van der Waals surface area contributed by atoms with Crippen LogP contribution in [0.25, 0.3) is 0 Å². The summed E-state index contributed by atoms with van der Waals surface area (Å²) in [5, 5.41) is 2.03. The van der Waals surface area contributed by atoms with Gasteiger partial charge >= 0.3 is 18.9 Å². The minimum Gasteiger partial charge on any atom is -0.453 e. The van der Waals surface area contributed by atoms with E-state index in [1.54, 1.807) is 12.1 Å². The number of carbonyl (C=O) groups excluding carboxylic acids is 2. The Balaban J connectivity index is 1.85. The fraction of sp³-hybridized carbons (Fsp3) is 0.300. The maximum absolute atomic E-state index is 12.9. The Kier molecular flexibility index (Phi) is 6.32. The van der Waals surface area contributed by atoms with Crippen molar-refractivity contribution in [3.05, 3.63) is 53.1 Å². The van der Waals surface area contributed by atoms with E-state index in [-0.39, 0.29) is 17.9 Å². The average molecular weight is 445 g/mol. The number of alkyl halides is 5. The second kappa shape index (κ2) is 8.78. The zero-order chi connectivity index (χ0) is 22.8. The number of hydrogen-bond acceptors (Lipinski definition) is 5. The number of benzene rings is 2. The molecule has 1 fully saturated rings. The Morgan fingerprint density at radius 3 is 2.39 bits per heavy atom. The summed E-state index contributed by atoms with van der Waals surface area (Å²) >= 11 is 0. The molecule has 3 rings (SSSR count). The Morgan fingerprint density at radius 2 is 1.81 bits per heavy atom. The van der Waals surface area contributed by atoms with Crippen molar-refractivity contribution in [3.8, 4) is 17.2 Å². The molecule has 11 heteroatoms. The summed E-state index contributed by atoms with van der Waals surface area (Å²) in [7, 11) is 0. The molecule has 0 spiro atoms. The predicted molar refractivity (Wildman–Crippen MR) is 96.1 cm³/mol. The molecule has 2 amide bonds. The quantitative estimate of drug-likeness (QED) is 0.618. The minimum absolute atomic E-state index is 0.112. The van der Waals surface area contributed by atoms with Gasteiger partial charge in [0.2, 0.25) is 0 Å². The number of hydrogen-bond donors (Lipinski definition) is 1. The van der Waals surface area contributed by atoms with Crippen molar-refractivity contribution in [2.45, 2.75) is 38.7 Å². The zero-order valence-electron chi connectivity index (χ0n) is 16.0. The van der Waals surface area contributed by atoms with Gasteiger partial charge in [0.05, 0.1) is 5.56 Å². The van der Waals surface area contributed by atoms with Gasteiger partial charge < -0.3 is 14.2 Å². The van der Waals surface area contributed by atoms with Crippen molar-refractivity contribution in [2.24, 2.45) is 0 Å². The van der Waals surface area contributed by atoms with Crippen LogP contribution in [0.1, 0.15) is 23.6 Å². The Hall–Kier alpha value is -3.37. The van der Waals surface area contributed by atoms with Gasteiger partial charge in [-0.3, -0.25) is 10.1 Å². The minimum atomic E-state index is -4.74. The molecule has 1 heterocycles. The van der Waals surface area contributed by atoms with E-state index in [1.807, 2.05) is 12.2 Å². The molecule has 0 radical (unpaired) electrons. The number of aryl methyl sites for hydroxylation is 1. The number of imide groups is 1. The third-order valence-corrected chi connectivity index (χ3v) is 4.45. The maximum atomic E-state index is 12.9. The molecule has 0 aromatic heterocycles. The van der Waals surface area contributed by atoms with Gasteiger partial charge in [-0.1, -0.05) is 13.0 Å². The van der Waals surface area contributed by atoms with Gasteiger partial charge in [0.15, 0.2) is 17.6 Å². The number of nitrogens with one attached hydrogen (secondary N) is 1. The van der Waals surface area contributed by atoms with Crippen LogP contribution < -0.4 is 14.8 Å². The van der Waals surface area contributed by atoms with E-state index in [2.05, 4.69) is 4.74 Å². The number of amides is 2. The zero-order valence-corrected chi connectivity index (χ0v) is 16.0. The SMILES string of the molecule is CCc1cc(Oc2ccc(C(F)(F)F)cc2OC(F)F)ccc1CC1OC(=O)NC1=O. The van der Waals surface area contributed by atoms with E-state index in [1.165, 1.54) is 6.07 Å². The summed E-state index contributed by atoms with van der Waals surface area (Å²) in [6.07, 6.45) is -5.96. The highest BCUT2D eigenvalue weighted by Gasteiger charge is 2.33. The first-order valence-corrected chi connectivity index (χ1v) is 9.04. The largest absolute Gasteiger partial charge is 0.453 e. The highest BCUT2D eigenvalue weighted by Crippen LogP contribution is 2.39. The normalized spacial score (nSPS) is 16.3. The Labute approximate surface area is 172 Å². The van der Waals surface area contributed by atoms with Gasteiger partial charge in [-0.25, -0.2) is 4.79 Å². The molecule has 0 aliphatic carbocycles. The lowest BCUT2D eigenvalue weighted by molar-refractivity contribution is -0.138. The third-order valence-electron chi connectivity index (χ3n) is 4.45. The molecule has 1 N–H and O–H groups in total. The molecular formula is C20H16F5NO5. The summed E-state index contributed by atoms with van der Waals surface area (Å²) in [6.45, 7) is -1.54. The molecule has 0 bridgehead atoms. The van der Waals surface area contributed by atoms with Crippen molar-refractivity contribution in [1.82, 2.24) is 5.32 Å². The smallest absolute Gasteiger partial charge is 0.416 e. The van der Waals surface area contributed by atoms with Crippen molar-refractivity contribution in [1.29, 1.82) is 0 Å². The summed E-state index contributed by atoms with van der Waals surface area (Å²) in [5.74, 6) is -1.49. The molecule has 6 nitrogen and oxygen atoms in total. The summed E-state index contributed by atoms with van der Waals surface area (Å²) in [6, 6.07) is 6.61. The molecular weight excluding hydrogens is 429 g/mol. The van der Waals surface area contributed by atoms with Crippen LogP contribution in [0, 0.1) is 0 Å². The molecule has 1 aliphatic heterocycles. The van der Waals surface area contributed by atoms with Gasteiger partial charge in [-0.2, -0.15) is 22.0 Å². The number of cyclic esters (lactones) is 1. The molecule has 2 aromatic rings. The van der Waals surface area contributed by atoms with Crippen LogP contribution in [-0.2, 0) is 28.5 Å². The van der Waals surface area contributed by atoms with Crippen LogP contribution in [0.5, 0.6) is 17.2 Å². The van der Waals surface area contributed by atoms with Crippen molar-refractivity contribution in [3.63, 3.8) is 0 Å². The highest BCUT2D eigenvalue weighted by molar-refractivity contribution is 6.00. The van der Waals surface area contributed by atoms with Crippen LogP contribution >= 0.6 is 0 Å². The first-order valence-electron chi connectivity index (χ1n) is 9.04. The van der Waals surface area contributed by atoms with Crippen molar-refractivity contribution in [2.75, 3.05) is 0 Å². The molecule has 1 saturated heterocycles. The standard InChI is InChI=1S/C20H16F5NO5/c1-2-10-7-13(5-3-11(10)8-16-17(27)26-19(28)31-16)29-14-6-4-12(20(23,24)25)9-15(14)30-18(21)22/h3-7,9,16,18H,2,8H2,1H3,(H,26,27,28). The molecule has 1 atom stereocenters. The van der Waals surface area contributed by atoms with Crippen molar-refractivity contribution >= 4 is 12.0 Å². The number of rotatable bonds is 7. The predicted octanol–water partition coefficient (Wildman–Crippen LogP) is 4.84. The van der Waals surface area contributed by atoms with Gasteiger partial charge in [0, 0.05) is 6.42 Å². The maximum Gasteiger partial charge on any atom is 0.416 e. The number of carbonyl (C=O) groups is 2. The van der Waals surface area contributed by atoms with Gasteiger partial charge in [-0.05, 0) is 47.9 Å². The van der Waals surface area contributed by atoms with E-state index < -0.39 is 42.2 Å². The topological polar surface area (TPSA) is 73.9 Å². The first-order chi connectivity index (χ1) is 14.6. The second-order valence-electron chi connectivity index (χ2n) is 6.51. The third kappa shape index (κ3) is 5.41. The van der Waals surface area contributed by atoms with Crippen LogP contribution in [0.3, 0.4) is 0 Å². The monoisotopic (exact) mass is 445 g/mol. The second-order valence-corrected chi connectivity index (χ2v) is 6.51. The van der Waals surface area contributed by atoms with Crippen LogP contribution in [0.4, 0.5) is 26.7 Å². The van der Waals surface area contributed by atoms with E-state index in [9.17, 15) is 31.5 Å². The Morgan fingerprint density at radius 1 is 1.06 bits per heavy atom. The van der Waals surface area contributed by atoms with Crippen LogP contribution in [-0.4, -0.2) is 24.7 Å². The molecule has 166 valence electrons. The van der Waals surface area contributed by atoms with Crippen molar-refractivity contribution < 1.29 is 45.8 Å². The van der Waals surface area contributed by atoms with Crippen LogP contribution in [0.15, 0.2) is 36.4 Å². The lowest BCUT2D eigenvalue weighted by Gasteiger charge is -2.16. The van der Waals surface area contributed by atoms with E-state index in [0.717, 1.165) is 6.07 Å². The van der Waals surface area contributed by atoms with Crippen LogP contribution in [0.2, 0.25) is 0 Å². The lowest BCUT2D eigenvalue weighted by Crippen LogP contribution is -2.26. The van der Waals surface area contributed by atoms with E-state index in [4.69, 9.17) is 9.47 Å². The van der Waals surface area contributed by atoms with Gasteiger partial charge in [0.1, 0.15) is 5.75 Å². The number of halogens is 5. The molecule has 1 aliphatic rings. The molecule has 2 aromatic carbocycles. The average Bonchev–Trinajstić information content (AvgIpc) is 2.99. The molecule has 0 saturated carbocycles. The lowest BCUT2D eigenvalue weighted by atomic mass is 9.99. The highest BCUT2D eigenvalue weighted by atomic mass is 19.4. The molecule has 31 heavy (non-hydrogen) atoms. The number of alkyl carbamates (subject to hydrolysis) is 1. The van der Waals surface area contributed by atoms with Gasteiger partial charge in [0.25, 0.3) is 5.91 Å². The first kappa shape index (κ1) is 22.3. The Bertz CT molecular complexity index is 992. The van der Waals surface area contributed by atoms with E-state index >= 15 is 0 Å².